The molecule has 0 fully saturated rings. The van der Waals surface area contributed by atoms with Crippen LogP contribution >= 0.6 is 23.8 Å². The summed E-state index contributed by atoms with van der Waals surface area (Å²) >= 11 is 11.0. The normalized spacial score (nSPS) is 10.8. The van der Waals surface area contributed by atoms with Crippen LogP contribution in [-0.2, 0) is 6.61 Å². The second kappa shape index (κ2) is 9.07. The molecule has 0 saturated carbocycles. The number of thiocarbonyl (C=S) groups is 1. The molecule has 0 bridgehead atoms. The molecule has 0 aliphatic heterocycles. The Morgan fingerprint density at radius 1 is 1.24 bits per heavy atom. The largest absolute Gasteiger partial charge is 0.490 e. The van der Waals surface area contributed by atoms with E-state index in [9.17, 15) is 0 Å². The Morgan fingerprint density at radius 3 is 2.64 bits per heavy atom. The molecule has 25 heavy (non-hydrogen) atoms. The Kier molecular flexibility index (Phi) is 6.81. The number of ether oxygens (including phenoxy) is 2. The molecule has 0 amide bonds. The molecular weight excluding hydrogens is 356 g/mol. The maximum atomic E-state index is 9.07. The fourth-order valence-electron chi connectivity index (χ4n) is 2.10. The Hall–Kier alpha value is -2.55. The van der Waals surface area contributed by atoms with Crippen molar-refractivity contribution in [2.45, 2.75) is 13.5 Å². The van der Waals surface area contributed by atoms with Crippen molar-refractivity contribution in [2.75, 3.05) is 6.61 Å². The molecule has 2 N–H and O–H groups in total. The molecule has 0 spiro atoms. The fourth-order valence-corrected chi connectivity index (χ4v) is 2.39. The van der Waals surface area contributed by atoms with Crippen molar-refractivity contribution in [3.63, 3.8) is 0 Å². The highest BCUT2D eigenvalue weighted by molar-refractivity contribution is 7.80. The van der Waals surface area contributed by atoms with Gasteiger partial charge in [0.25, 0.3) is 0 Å². The first-order valence-corrected chi connectivity index (χ1v) is 8.38. The highest BCUT2D eigenvalue weighted by Crippen LogP contribution is 2.30. The smallest absolute Gasteiger partial charge is 0.161 e. The minimum absolute atomic E-state index is 0.0551. The van der Waals surface area contributed by atoms with Crippen molar-refractivity contribution in [3.05, 3.63) is 64.2 Å². The summed E-state index contributed by atoms with van der Waals surface area (Å²) in [7, 11) is 0. The molecule has 0 heterocycles. The molecule has 2 aromatic rings. The van der Waals surface area contributed by atoms with Gasteiger partial charge in [0, 0.05) is 10.6 Å². The Bertz CT molecular complexity index is 844. The highest BCUT2D eigenvalue weighted by Gasteiger charge is 2.09. The zero-order valence-corrected chi connectivity index (χ0v) is 15.2. The zero-order valence-electron chi connectivity index (χ0n) is 13.7. The van der Waals surface area contributed by atoms with Crippen LogP contribution in [0.15, 0.2) is 48.0 Å². The van der Waals surface area contributed by atoms with E-state index in [1.54, 1.807) is 24.3 Å². The van der Waals surface area contributed by atoms with E-state index in [0.29, 0.717) is 29.7 Å². The molecule has 6 heteroatoms. The number of nitrogens with zero attached hydrogens (tertiary/aromatic N) is 1. The summed E-state index contributed by atoms with van der Waals surface area (Å²) in [6.07, 6.45) is 1.61. The fraction of sp³-hybridized carbons (Fsp3) is 0.158. The summed E-state index contributed by atoms with van der Waals surface area (Å²) in [5.74, 6) is 1.16. The lowest BCUT2D eigenvalue weighted by Gasteiger charge is -2.13. The van der Waals surface area contributed by atoms with Gasteiger partial charge in [0.1, 0.15) is 17.7 Å². The molecule has 2 aromatic carbocycles. The van der Waals surface area contributed by atoms with E-state index in [4.69, 9.17) is 44.3 Å². The summed E-state index contributed by atoms with van der Waals surface area (Å²) in [5.41, 5.74) is 7.39. The first kappa shape index (κ1) is 18.8. The van der Waals surface area contributed by atoms with E-state index >= 15 is 0 Å². The summed E-state index contributed by atoms with van der Waals surface area (Å²) in [6, 6.07) is 14.8. The highest BCUT2D eigenvalue weighted by atomic mass is 35.5. The van der Waals surface area contributed by atoms with Crippen LogP contribution in [-0.4, -0.2) is 11.6 Å². The topological polar surface area (TPSA) is 68.3 Å². The number of rotatable bonds is 7. The maximum Gasteiger partial charge on any atom is 0.161 e. The molecule has 2 rings (SSSR count). The van der Waals surface area contributed by atoms with Crippen LogP contribution in [0.25, 0.3) is 6.08 Å². The molecule has 0 saturated heterocycles. The van der Waals surface area contributed by atoms with Crippen molar-refractivity contribution < 1.29 is 9.47 Å². The minimum Gasteiger partial charge on any atom is -0.490 e. The monoisotopic (exact) mass is 372 g/mol. The van der Waals surface area contributed by atoms with Crippen molar-refractivity contribution >= 4 is 34.9 Å². The van der Waals surface area contributed by atoms with Crippen molar-refractivity contribution in [1.29, 1.82) is 5.26 Å². The maximum absolute atomic E-state index is 9.07. The summed E-state index contributed by atoms with van der Waals surface area (Å²) in [5, 5.41) is 9.72. The molecule has 128 valence electrons. The van der Waals surface area contributed by atoms with Crippen LogP contribution < -0.4 is 15.2 Å². The SMILES string of the molecule is CCOc1cc(/C=C(\C#N)C(N)=S)ccc1OCc1ccccc1Cl. The lowest BCUT2D eigenvalue weighted by Crippen LogP contribution is -2.09. The van der Waals surface area contributed by atoms with Crippen molar-refractivity contribution in [2.24, 2.45) is 5.73 Å². The van der Waals surface area contributed by atoms with Gasteiger partial charge in [-0.05, 0) is 36.8 Å². The van der Waals surface area contributed by atoms with E-state index in [2.05, 4.69) is 0 Å². The van der Waals surface area contributed by atoms with Gasteiger partial charge in [-0.25, -0.2) is 0 Å². The Labute approximate surface area is 157 Å². The van der Waals surface area contributed by atoms with Gasteiger partial charge in [0.05, 0.1) is 12.2 Å². The summed E-state index contributed by atoms with van der Waals surface area (Å²) in [6.45, 7) is 2.69. The average Bonchev–Trinajstić information content (AvgIpc) is 2.60. The van der Waals surface area contributed by atoms with E-state index in [-0.39, 0.29) is 10.6 Å². The molecule has 0 aromatic heterocycles. The number of benzene rings is 2. The van der Waals surface area contributed by atoms with Gasteiger partial charge in [-0.15, -0.1) is 0 Å². The third-order valence-electron chi connectivity index (χ3n) is 3.31. The van der Waals surface area contributed by atoms with E-state index < -0.39 is 0 Å². The van der Waals surface area contributed by atoms with Gasteiger partial charge in [0.2, 0.25) is 0 Å². The standard InChI is InChI=1S/C19H17ClN2O2S/c1-2-23-18-10-13(9-15(11-21)19(22)25)7-8-17(18)24-12-14-5-3-4-6-16(14)20/h3-10H,2,12H2,1H3,(H2,22,25)/b15-9+. The van der Waals surface area contributed by atoms with Crippen LogP contribution in [0.1, 0.15) is 18.1 Å². The minimum atomic E-state index is 0.0551. The number of hydrogen-bond donors (Lipinski definition) is 1. The van der Waals surface area contributed by atoms with Crippen LogP contribution in [0.2, 0.25) is 5.02 Å². The Balaban J connectivity index is 2.26. The molecule has 0 unspecified atom stereocenters. The van der Waals surface area contributed by atoms with E-state index in [1.807, 2.05) is 37.3 Å². The quantitative estimate of drug-likeness (QED) is 0.440. The van der Waals surface area contributed by atoms with Crippen LogP contribution in [0, 0.1) is 11.3 Å². The predicted octanol–water partition coefficient (Wildman–Crippen LogP) is 4.51. The molecule has 4 nitrogen and oxygen atoms in total. The van der Waals surface area contributed by atoms with Crippen molar-refractivity contribution in [3.8, 4) is 17.6 Å². The third-order valence-corrected chi connectivity index (χ3v) is 3.89. The zero-order chi connectivity index (χ0) is 18.2. The molecule has 0 aliphatic rings. The van der Waals surface area contributed by atoms with Gasteiger partial charge in [-0.3, -0.25) is 0 Å². The summed E-state index contributed by atoms with van der Waals surface area (Å²) in [4.78, 5) is 0.0551. The van der Waals surface area contributed by atoms with Crippen LogP contribution in [0.5, 0.6) is 11.5 Å². The predicted molar refractivity (Wildman–Crippen MR) is 104 cm³/mol. The molecule has 0 atom stereocenters. The molecule has 0 radical (unpaired) electrons. The van der Waals surface area contributed by atoms with Crippen molar-refractivity contribution in [1.82, 2.24) is 0 Å². The lowest BCUT2D eigenvalue weighted by molar-refractivity contribution is 0.269. The summed E-state index contributed by atoms with van der Waals surface area (Å²) < 4.78 is 11.5. The number of halogens is 1. The van der Waals surface area contributed by atoms with Gasteiger partial charge < -0.3 is 15.2 Å². The van der Waals surface area contributed by atoms with Gasteiger partial charge in [-0.1, -0.05) is 48.1 Å². The van der Waals surface area contributed by atoms with E-state index in [0.717, 1.165) is 11.1 Å². The first-order valence-electron chi connectivity index (χ1n) is 7.59. The number of nitrogens with two attached hydrogens (primary N) is 1. The van der Waals surface area contributed by atoms with E-state index in [1.165, 1.54) is 0 Å². The first-order chi connectivity index (χ1) is 12.0. The van der Waals surface area contributed by atoms with Gasteiger partial charge in [0.15, 0.2) is 11.5 Å². The number of hydrogen-bond acceptors (Lipinski definition) is 4. The van der Waals surface area contributed by atoms with Crippen LogP contribution in [0.4, 0.5) is 0 Å². The second-order valence-electron chi connectivity index (χ2n) is 5.05. The molecule has 0 aliphatic carbocycles. The average molecular weight is 373 g/mol. The third kappa shape index (κ3) is 5.21. The number of nitriles is 1. The van der Waals surface area contributed by atoms with Gasteiger partial charge in [-0.2, -0.15) is 5.26 Å². The molecular formula is C19H17ClN2O2S. The lowest BCUT2D eigenvalue weighted by atomic mass is 10.1. The van der Waals surface area contributed by atoms with Crippen LogP contribution in [0.3, 0.4) is 0 Å². The second-order valence-corrected chi connectivity index (χ2v) is 5.90. The Morgan fingerprint density at radius 2 is 2.00 bits per heavy atom. The van der Waals surface area contributed by atoms with Gasteiger partial charge >= 0.3 is 0 Å².